The molecule has 1 fully saturated rings. The molecule has 3 unspecified atom stereocenters. The summed E-state index contributed by atoms with van der Waals surface area (Å²) in [6, 6.07) is 2.55. The summed E-state index contributed by atoms with van der Waals surface area (Å²) in [7, 11) is 0. The summed E-state index contributed by atoms with van der Waals surface area (Å²) < 4.78 is 51.6. The highest BCUT2D eigenvalue weighted by Crippen LogP contribution is 2.34. The van der Waals surface area contributed by atoms with Crippen molar-refractivity contribution in [3.63, 3.8) is 0 Å². The van der Waals surface area contributed by atoms with Gasteiger partial charge >= 0.3 is 6.18 Å². The van der Waals surface area contributed by atoms with Crippen LogP contribution in [0.25, 0.3) is 0 Å². The predicted molar refractivity (Wildman–Crippen MR) is 71.0 cm³/mol. The van der Waals surface area contributed by atoms with Crippen LogP contribution in [-0.4, -0.2) is 6.04 Å². The molecular weight excluding hydrogens is 270 g/mol. The Balaban J connectivity index is 2.13. The minimum absolute atomic E-state index is 0.0409. The summed E-state index contributed by atoms with van der Waals surface area (Å²) in [6.45, 7) is 4.30. The Hall–Kier alpha value is -1.26. The molecule has 0 radical (unpaired) electrons. The Morgan fingerprint density at radius 1 is 1.10 bits per heavy atom. The normalized spacial score (nSPS) is 27.4. The topological polar surface area (TPSA) is 12.0 Å². The van der Waals surface area contributed by atoms with Gasteiger partial charge in [-0.3, -0.25) is 0 Å². The van der Waals surface area contributed by atoms with Crippen molar-refractivity contribution in [2.45, 2.75) is 45.3 Å². The first-order chi connectivity index (χ1) is 9.27. The lowest BCUT2D eigenvalue weighted by Gasteiger charge is -2.33. The predicted octanol–water partition coefficient (Wildman–Crippen LogP) is 5.08. The van der Waals surface area contributed by atoms with E-state index >= 15 is 0 Å². The lowest BCUT2D eigenvalue weighted by molar-refractivity contribution is -0.137. The zero-order chi connectivity index (χ0) is 14.9. The molecule has 0 bridgehead atoms. The number of benzene rings is 1. The Labute approximate surface area is 116 Å². The summed E-state index contributed by atoms with van der Waals surface area (Å²) in [4.78, 5) is 0. The molecule has 1 aliphatic rings. The summed E-state index contributed by atoms with van der Waals surface area (Å²) in [5, 5.41) is 2.94. The van der Waals surface area contributed by atoms with Crippen molar-refractivity contribution in [1.82, 2.24) is 0 Å². The van der Waals surface area contributed by atoms with E-state index in [9.17, 15) is 17.6 Å². The van der Waals surface area contributed by atoms with E-state index in [0.717, 1.165) is 37.5 Å². The van der Waals surface area contributed by atoms with Crippen LogP contribution in [0.2, 0.25) is 0 Å². The van der Waals surface area contributed by atoms with Crippen LogP contribution in [-0.2, 0) is 6.18 Å². The smallest absolute Gasteiger partial charge is 0.380 e. The number of rotatable bonds is 2. The van der Waals surface area contributed by atoms with E-state index in [2.05, 4.69) is 19.2 Å². The summed E-state index contributed by atoms with van der Waals surface area (Å²) in [5.41, 5.74) is -0.870. The quantitative estimate of drug-likeness (QED) is 0.748. The zero-order valence-corrected chi connectivity index (χ0v) is 11.6. The Morgan fingerprint density at radius 2 is 1.80 bits per heavy atom. The molecule has 0 aromatic heterocycles. The third-order valence-electron chi connectivity index (χ3n) is 4.25. The molecule has 0 spiro atoms. The highest BCUT2D eigenvalue weighted by atomic mass is 19.4. The van der Waals surface area contributed by atoms with E-state index in [-0.39, 0.29) is 11.7 Å². The van der Waals surface area contributed by atoms with Gasteiger partial charge in [0.1, 0.15) is 5.82 Å². The van der Waals surface area contributed by atoms with Gasteiger partial charge in [0.05, 0.1) is 11.3 Å². The Bertz CT molecular complexity index is 469. The molecule has 0 amide bonds. The van der Waals surface area contributed by atoms with Crippen molar-refractivity contribution < 1.29 is 17.6 Å². The first-order valence-corrected chi connectivity index (χ1v) is 6.90. The molecule has 1 nitrogen and oxygen atoms in total. The summed E-state index contributed by atoms with van der Waals surface area (Å²) >= 11 is 0. The maximum atomic E-state index is 13.7. The third kappa shape index (κ3) is 3.44. The molecule has 20 heavy (non-hydrogen) atoms. The number of alkyl halides is 3. The van der Waals surface area contributed by atoms with Gasteiger partial charge in [-0.1, -0.05) is 13.8 Å². The maximum Gasteiger partial charge on any atom is 0.416 e. The number of hydrogen-bond acceptors (Lipinski definition) is 1. The molecule has 1 aromatic carbocycles. The van der Waals surface area contributed by atoms with Crippen LogP contribution in [0.4, 0.5) is 23.2 Å². The first-order valence-electron chi connectivity index (χ1n) is 6.90. The molecule has 0 heterocycles. The second kappa shape index (κ2) is 5.62. The largest absolute Gasteiger partial charge is 0.416 e. The molecule has 1 saturated carbocycles. The van der Waals surface area contributed by atoms with Crippen molar-refractivity contribution in [2.24, 2.45) is 11.8 Å². The Kier molecular flexibility index (Phi) is 4.25. The van der Waals surface area contributed by atoms with Gasteiger partial charge in [-0.05, 0) is 49.3 Å². The molecule has 5 heteroatoms. The van der Waals surface area contributed by atoms with Crippen LogP contribution >= 0.6 is 0 Å². The lowest BCUT2D eigenvalue weighted by atomic mass is 9.79. The van der Waals surface area contributed by atoms with E-state index in [1.54, 1.807) is 0 Å². The van der Waals surface area contributed by atoms with Crippen LogP contribution < -0.4 is 5.32 Å². The average Bonchev–Trinajstić information content (AvgIpc) is 2.35. The molecule has 0 saturated heterocycles. The fourth-order valence-electron chi connectivity index (χ4n) is 2.71. The molecule has 1 aromatic rings. The molecular formula is C15H19F4N. The minimum Gasteiger partial charge on any atom is -0.380 e. The van der Waals surface area contributed by atoms with Crippen molar-refractivity contribution in [1.29, 1.82) is 0 Å². The van der Waals surface area contributed by atoms with Crippen molar-refractivity contribution in [3.05, 3.63) is 29.6 Å². The Morgan fingerprint density at radius 3 is 2.40 bits per heavy atom. The molecule has 0 aliphatic heterocycles. The second-order valence-electron chi connectivity index (χ2n) is 5.80. The number of halogens is 4. The van der Waals surface area contributed by atoms with Crippen LogP contribution in [0.3, 0.4) is 0 Å². The molecule has 1 N–H and O–H groups in total. The average molecular weight is 289 g/mol. The molecule has 2 rings (SSSR count). The number of anilines is 1. The third-order valence-corrected chi connectivity index (χ3v) is 4.25. The summed E-state index contributed by atoms with van der Waals surface area (Å²) in [6.07, 6.45) is -1.71. The van der Waals surface area contributed by atoms with Crippen LogP contribution in [0.5, 0.6) is 0 Å². The van der Waals surface area contributed by atoms with E-state index < -0.39 is 17.6 Å². The van der Waals surface area contributed by atoms with Gasteiger partial charge in [0.2, 0.25) is 0 Å². The van der Waals surface area contributed by atoms with Gasteiger partial charge in [0, 0.05) is 6.04 Å². The minimum atomic E-state index is -4.45. The van der Waals surface area contributed by atoms with Gasteiger partial charge in [-0.15, -0.1) is 0 Å². The fraction of sp³-hybridized carbons (Fsp3) is 0.600. The van der Waals surface area contributed by atoms with E-state index in [1.807, 2.05) is 0 Å². The van der Waals surface area contributed by atoms with E-state index in [0.29, 0.717) is 11.8 Å². The zero-order valence-electron chi connectivity index (χ0n) is 11.6. The number of nitrogens with one attached hydrogen (secondary N) is 1. The second-order valence-corrected chi connectivity index (χ2v) is 5.80. The fourth-order valence-corrected chi connectivity index (χ4v) is 2.71. The molecule has 1 aliphatic carbocycles. The molecule has 112 valence electrons. The van der Waals surface area contributed by atoms with Gasteiger partial charge in [0.25, 0.3) is 0 Å². The van der Waals surface area contributed by atoms with Crippen molar-refractivity contribution in [2.75, 3.05) is 5.32 Å². The van der Waals surface area contributed by atoms with Gasteiger partial charge in [0.15, 0.2) is 0 Å². The lowest BCUT2D eigenvalue weighted by Crippen LogP contribution is -2.30. The van der Waals surface area contributed by atoms with Crippen LogP contribution in [0.15, 0.2) is 18.2 Å². The van der Waals surface area contributed by atoms with Crippen LogP contribution in [0.1, 0.15) is 38.7 Å². The highest BCUT2D eigenvalue weighted by molar-refractivity contribution is 5.48. The SMILES string of the molecule is CC1CCC(Nc2cc(C(F)(F)F)ccc2F)CC1C. The number of hydrogen-bond donors (Lipinski definition) is 1. The first kappa shape index (κ1) is 15.1. The molecule has 3 atom stereocenters. The van der Waals surface area contributed by atoms with Gasteiger partial charge < -0.3 is 5.32 Å². The standard InChI is InChI=1S/C15H19F4N/c1-9-3-5-12(7-10(9)2)20-14-8-11(15(17,18)19)4-6-13(14)16/h4,6,8-10,12,20H,3,5,7H2,1-2H3. The van der Waals surface area contributed by atoms with Gasteiger partial charge in [-0.25, -0.2) is 4.39 Å². The maximum absolute atomic E-state index is 13.7. The highest BCUT2D eigenvalue weighted by Gasteiger charge is 2.32. The van der Waals surface area contributed by atoms with Crippen molar-refractivity contribution in [3.8, 4) is 0 Å². The van der Waals surface area contributed by atoms with Crippen LogP contribution in [0, 0.1) is 17.7 Å². The van der Waals surface area contributed by atoms with E-state index in [1.165, 1.54) is 0 Å². The monoisotopic (exact) mass is 289 g/mol. The summed E-state index contributed by atoms with van der Waals surface area (Å²) in [5.74, 6) is 0.471. The van der Waals surface area contributed by atoms with Gasteiger partial charge in [-0.2, -0.15) is 13.2 Å². The van der Waals surface area contributed by atoms with E-state index in [4.69, 9.17) is 0 Å². The van der Waals surface area contributed by atoms with Crippen molar-refractivity contribution >= 4 is 5.69 Å².